The number of nitrogens with one attached hydrogen (secondary N) is 1. The fourth-order valence-electron chi connectivity index (χ4n) is 2.26. The molecule has 1 aliphatic rings. The number of hydrogen-bond donors (Lipinski definition) is 1. The Morgan fingerprint density at radius 3 is 2.48 bits per heavy atom. The van der Waals surface area contributed by atoms with Crippen molar-refractivity contribution in [3.05, 3.63) is 16.1 Å². The summed E-state index contributed by atoms with van der Waals surface area (Å²) in [6.45, 7) is 11.1. The first kappa shape index (κ1) is 22.6. The summed E-state index contributed by atoms with van der Waals surface area (Å²) in [4.78, 5) is 20.9. The molecule has 1 aromatic rings. The first-order chi connectivity index (χ1) is 9.86. The third-order valence-electron chi connectivity index (χ3n) is 3.60. The van der Waals surface area contributed by atoms with Gasteiger partial charge in [0.2, 0.25) is 5.91 Å². The van der Waals surface area contributed by atoms with Gasteiger partial charge in [-0.15, -0.1) is 36.2 Å². The summed E-state index contributed by atoms with van der Waals surface area (Å²) in [6, 6.07) is 0. The first-order valence-electron chi connectivity index (χ1n) is 7.48. The monoisotopic (exact) mass is 382 g/mol. The molecule has 1 saturated heterocycles. The van der Waals surface area contributed by atoms with Gasteiger partial charge in [-0.1, -0.05) is 20.8 Å². The molecule has 1 aliphatic heterocycles. The lowest BCUT2D eigenvalue weighted by molar-refractivity contribution is -0.132. The molecule has 5 nitrogen and oxygen atoms in total. The molecule has 0 atom stereocenters. The van der Waals surface area contributed by atoms with Crippen LogP contribution in [-0.2, 0) is 16.8 Å². The quantitative estimate of drug-likeness (QED) is 0.866. The number of hydrogen-bond acceptors (Lipinski definition) is 5. The maximum atomic E-state index is 12.2. The van der Waals surface area contributed by atoms with Crippen LogP contribution < -0.4 is 5.32 Å². The van der Waals surface area contributed by atoms with Crippen molar-refractivity contribution in [3.63, 3.8) is 0 Å². The number of carbonyl (C=O) groups is 1. The summed E-state index contributed by atoms with van der Waals surface area (Å²) in [5, 5.41) is 6.47. The average Bonchev–Trinajstić information content (AvgIpc) is 2.88. The molecule has 1 fully saturated rings. The Morgan fingerprint density at radius 1 is 1.35 bits per heavy atom. The van der Waals surface area contributed by atoms with Gasteiger partial charge in [-0.25, -0.2) is 4.98 Å². The molecule has 1 N–H and O–H groups in total. The maximum absolute atomic E-state index is 12.2. The molecule has 2 heterocycles. The molecule has 0 aromatic carbocycles. The van der Waals surface area contributed by atoms with Gasteiger partial charge in [0.15, 0.2) is 0 Å². The van der Waals surface area contributed by atoms with E-state index in [0.29, 0.717) is 6.54 Å². The fraction of sp³-hybridized carbons (Fsp3) is 0.733. The SMILES string of the molecule is CN(CC(=O)N1CCNCC1)Cc1nc(C(C)(C)C)cs1.Cl.Cl. The second-order valence-electron chi connectivity index (χ2n) is 6.68. The molecule has 134 valence electrons. The lowest BCUT2D eigenvalue weighted by atomic mass is 9.93. The van der Waals surface area contributed by atoms with Gasteiger partial charge >= 0.3 is 0 Å². The van der Waals surface area contributed by atoms with E-state index >= 15 is 0 Å². The lowest BCUT2D eigenvalue weighted by Crippen LogP contribution is -2.49. The van der Waals surface area contributed by atoms with E-state index in [-0.39, 0.29) is 36.1 Å². The molecule has 23 heavy (non-hydrogen) atoms. The van der Waals surface area contributed by atoms with Gasteiger partial charge in [0.1, 0.15) is 5.01 Å². The van der Waals surface area contributed by atoms with E-state index in [1.54, 1.807) is 11.3 Å². The Morgan fingerprint density at radius 2 is 1.96 bits per heavy atom. The van der Waals surface area contributed by atoms with Gasteiger partial charge in [-0.2, -0.15) is 0 Å². The minimum atomic E-state index is 0. The van der Waals surface area contributed by atoms with Gasteiger partial charge in [0.05, 0.1) is 18.8 Å². The zero-order valence-electron chi connectivity index (χ0n) is 14.3. The summed E-state index contributed by atoms with van der Waals surface area (Å²) in [7, 11) is 1.98. The van der Waals surface area contributed by atoms with Crippen LogP contribution in [0.2, 0.25) is 0 Å². The predicted molar refractivity (Wildman–Crippen MR) is 101 cm³/mol. The van der Waals surface area contributed by atoms with Crippen molar-refractivity contribution in [2.24, 2.45) is 0 Å². The number of halogens is 2. The molecular weight excluding hydrogens is 355 g/mol. The van der Waals surface area contributed by atoms with E-state index in [0.717, 1.165) is 43.4 Å². The number of piperazine rings is 1. The predicted octanol–water partition coefficient (Wildman–Crippen LogP) is 2.15. The minimum Gasteiger partial charge on any atom is -0.339 e. The number of carbonyl (C=O) groups excluding carboxylic acids is 1. The highest BCUT2D eigenvalue weighted by atomic mass is 35.5. The summed E-state index contributed by atoms with van der Waals surface area (Å²) in [6.07, 6.45) is 0. The number of rotatable bonds is 4. The Kier molecular flexibility index (Phi) is 9.62. The van der Waals surface area contributed by atoms with Gasteiger partial charge in [-0.3, -0.25) is 9.69 Å². The zero-order chi connectivity index (χ0) is 15.5. The van der Waals surface area contributed by atoms with Crippen LogP contribution >= 0.6 is 36.2 Å². The van der Waals surface area contributed by atoms with Crippen molar-refractivity contribution < 1.29 is 4.79 Å². The maximum Gasteiger partial charge on any atom is 0.236 e. The van der Waals surface area contributed by atoms with Crippen molar-refractivity contribution in [1.82, 2.24) is 20.1 Å². The minimum absolute atomic E-state index is 0. The van der Waals surface area contributed by atoms with Crippen LogP contribution in [0.15, 0.2) is 5.38 Å². The van der Waals surface area contributed by atoms with Crippen molar-refractivity contribution in [2.75, 3.05) is 39.8 Å². The Bertz CT molecular complexity index is 484. The van der Waals surface area contributed by atoms with E-state index in [2.05, 4.69) is 41.4 Å². The lowest BCUT2D eigenvalue weighted by Gasteiger charge is -2.29. The third-order valence-corrected chi connectivity index (χ3v) is 4.43. The highest BCUT2D eigenvalue weighted by Crippen LogP contribution is 2.24. The summed E-state index contributed by atoms with van der Waals surface area (Å²) >= 11 is 1.68. The molecule has 1 aromatic heterocycles. The van der Waals surface area contributed by atoms with Crippen LogP contribution in [0.4, 0.5) is 0 Å². The normalized spacial score (nSPS) is 15.1. The molecule has 2 rings (SSSR count). The van der Waals surface area contributed by atoms with Gasteiger partial charge in [0.25, 0.3) is 0 Å². The average molecular weight is 383 g/mol. The number of likely N-dealkylation sites (N-methyl/N-ethyl adjacent to an activating group) is 1. The van der Waals surface area contributed by atoms with Crippen molar-refractivity contribution in [3.8, 4) is 0 Å². The highest BCUT2D eigenvalue weighted by Gasteiger charge is 2.20. The van der Waals surface area contributed by atoms with E-state index in [1.165, 1.54) is 0 Å². The molecule has 8 heteroatoms. The number of nitrogens with zero attached hydrogens (tertiary/aromatic N) is 3. The van der Waals surface area contributed by atoms with Crippen LogP contribution in [0.5, 0.6) is 0 Å². The summed E-state index contributed by atoms with van der Waals surface area (Å²) in [5.74, 6) is 0.214. The van der Waals surface area contributed by atoms with Crippen molar-refractivity contribution in [2.45, 2.75) is 32.7 Å². The smallest absolute Gasteiger partial charge is 0.236 e. The molecule has 0 aliphatic carbocycles. The van der Waals surface area contributed by atoms with Crippen LogP contribution in [0, 0.1) is 0 Å². The molecule has 0 saturated carbocycles. The van der Waals surface area contributed by atoms with E-state index in [4.69, 9.17) is 0 Å². The Hall–Kier alpha value is -0.400. The molecule has 0 spiro atoms. The topological polar surface area (TPSA) is 48.5 Å². The third kappa shape index (κ3) is 6.93. The molecule has 1 amide bonds. The summed E-state index contributed by atoms with van der Waals surface area (Å²) in [5.41, 5.74) is 1.22. The number of amides is 1. The van der Waals surface area contributed by atoms with E-state index in [9.17, 15) is 4.79 Å². The van der Waals surface area contributed by atoms with Gasteiger partial charge in [0, 0.05) is 37.0 Å². The molecule has 0 bridgehead atoms. The van der Waals surface area contributed by atoms with E-state index in [1.807, 2.05) is 11.9 Å². The van der Waals surface area contributed by atoms with Crippen LogP contribution in [-0.4, -0.2) is 60.5 Å². The second-order valence-corrected chi connectivity index (χ2v) is 7.62. The highest BCUT2D eigenvalue weighted by molar-refractivity contribution is 7.09. The largest absolute Gasteiger partial charge is 0.339 e. The second kappa shape index (κ2) is 9.79. The van der Waals surface area contributed by atoms with Crippen molar-refractivity contribution >= 4 is 42.1 Å². The Labute approximate surface area is 155 Å². The fourth-order valence-corrected chi connectivity index (χ4v) is 3.36. The zero-order valence-corrected chi connectivity index (χ0v) is 16.7. The van der Waals surface area contributed by atoms with Crippen molar-refractivity contribution in [1.29, 1.82) is 0 Å². The first-order valence-corrected chi connectivity index (χ1v) is 8.36. The summed E-state index contributed by atoms with van der Waals surface area (Å²) < 4.78 is 0. The van der Waals surface area contributed by atoms with Crippen LogP contribution in [0.1, 0.15) is 31.5 Å². The molecule has 0 unspecified atom stereocenters. The Balaban J connectivity index is 0.00000242. The standard InChI is InChI=1S/C15H26N4OS.2ClH/c1-15(2,3)12-11-21-13(17-12)9-18(4)10-14(20)19-7-5-16-6-8-19;;/h11,16H,5-10H2,1-4H3;2*1H. The van der Waals surface area contributed by atoms with Gasteiger partial charge in [-0.05, 0) is 7.05 Å². The van der Waals surface area contributed by atoms with Crippen LogP contribution in [0.3, 0.4) is 0 Å². The molecule has 0 radical (unpaired) electrons. The van der Waals surface area contributed by atoms with E-state index < -0.39 is 0 Å². The van der Waals surface area contributed by atoms with Crippen LogP contribution in [0.25, 0.3) is 0 Å². The number of aromatic nitrogens is 1. The van der Waals surface area contributed by atoms with Gasteiger partial charge < -0.3 is 10.2 Å². The number of thiazole rings is 1. The molecular formula is C15H28Cl2N4OS.